The van der Waals surface area contributed by atoms with Crippen molar-refractivity contribution < 1.29 is 0 Å². The minimum Gasteiger partial charge on any atom is -0.309 e. The Labute approximate surface area is 337 Å². The van der Waals surface area contributed by atoms with Crippen molar-refractivity contribution in [3.05, 3.63) is 209 Å². The molecule has 0 aliphatic carbocycles. The molecule has 0 bridgehead atoms. The number of rotatable bonds is 7. The van der Waals surface area contributed by atoms with Crippen LogP contribution in [-0.2, 0) is 0 Å². The Balaban J connectivity index is 1.24. The van der Waals surface area contributed by atoms with E-state index >= 15 is 0 Å². The van der Waals surface area contributed by atoms with Gasteiger partial charge in [0.1, 0.15) is 0 Å². The summed E-state index contributed by atoms with van der Waals surface area (Å²) in [6.45, 7) is 7.04. The molecule has 58 heavy (non-hydrogen) atoms. The van der Waals surface area contributed by atoms with Gasteiger partial charge in [0.2, 0.25) is 0 Å². The number of hydrogen-bond acceptors (Lipinski definition) is 3. The van der Waals surface area contributed by atoms with E-state index in [9.17, 15) is 9.59 Å². The highest BCUT2D eigenvalue weighted by atomic mass is 28.3. The van der Waals surface area contributed by atoms with Gasteiger partial charge in [-0.2, -0.15) is 0 Å². The Bertz CT molecular complexity index is 3210. The predicted octanol–water partition coefficient (Wildman–Crippen LogP) is 12.6. The third-order valence-electron chi connectivity index (χ3n) is 11.5. The molecule has 0 fully saturated rings. The molecule has 10 aromatic rings. The van der Waals surface area contributed by atoms with Gasteiger partial charge in [-0.3, -0.25) is 9.59 Å². The van der Waals surface area contributed by atoms with Gasteiger partial charge in [0.05, 0.1) is 36.0 Å². The Kier molecular flexibility index (Phi) is 8.43. The van der Waals surface area contributed by atoms with Crippen molar-refractivity contribution in [1.29, 1.82) is 0 Å². The summed E-state index contributed by atoms with van der Waals surface area (Å²) in [7, 11) is -1.46. The predicted molar refractivity (Wildman–Crippen MR) is 248 cm³/mol. The highest BCUT2D eigenvalue weighted by Crippen LogP contribution is 2.45. The van der Waals surface area contributed by atoms with Crippen LogP contribution in [-0.4, -0.2) is 12.5 Å². The fourth-order valence-electron chi connectivity index (χ4n) is 8.58. The summed E-state index contributed by atoms with van der Waals surface area (Å²) in [6.07, 6.45) is 0. The number of para-hydroxylation sites is 3. The monoisotopic (exact) mass is 764 g/mol. The summed E-state index contributed by atoms with van der Waals surface area (Å²) in [5, 5.41) is 3.65. The Morgan fingerprint density at radius 3 is 1.45 bits per heavy atom. The van der Waals surface area contributed by atoms with E-state index in [1.165, 1.54) is 5.19 Å². The van der Waals surface area contributed by atoms with Crippen molar-refractivity contribution in [3.8, 4) is 33.4 Å². The van der Waals surface area contributed by atoms with E-state index in [2.05, 4.69) is 162 Å². The molecular formula is C53H40N2O2Si. The van der Waals surface area contributed by atoms with Gasteiger partial charge in [-0.15, -0.1) is 0 Å². The van der Waals surface area contributed by atoms with Crippen LogP contribution >= 0.6 is 0 Å². The Morgan fingerprint density at radius 1 is 0.414 bits per heavy atom. The van der Waals surface area contributed by atoms with Crippen molar-refractivity contribution in [1.82, 2.24) is 4.40 Å². The van der Waals surface area contributed by atoms with Crippen molar-refractivity contribution in [2.45, 2.75) is 19.6 Å². The maximum Gasteiger partial charge on any atom is 0.197 e. The van der Waals surface area contributed by atoms with Crippen LogP contribution < -0.4 is 20.9 Å². The zero-order valence-corrected chi connectivity index (χ0v) is 33.6. The van der Waals surface area contributed by atoms with Crippen molar-refractivity contribution in [2.75, 3.05) is 4.90 Å². The van der Waals surface area contributed by atoms with Gasteiger partial charge in [-0.05, 0) is 76.9 Å². The third-order valence-corrected chi connectivity index (χ3v) is 13.6. The minimum atomic E-state index is -1.46. The quantitative estimate of drug-likeness (QED) is 0.0922. The van der Waals surface area contributed by atoms with Crippen LogP contribution in [0, 0.1) is 0 Å². The van der Waals surface area contributed by atoms with E-state index in [4.69, 9.17) is 0 Å². The molecule has 2 heterocycles. The van der Waals surface area contributed by atoms with Gasteiger partial charge in [0, 0.05) is 38.4 Å². The fraction of sp³-hybridized carbons (Fsp3) is 0.0566. The van der Waals surface area contributed by atoms with E-state index < -0.39 is 8.07 Å². The molecule has 0 spiro atoms. The fourth-order valence-corrected chi connectivity index (χ4v) is 9.74. The molecular weight excluding hydrogens is 725 g/mol. The molecule has 2 aromatic heterocycles. The molecule has 0 aliphatic heterocycles. The molecule has 0 N–H and O–H groups in total. The smallest absolute Gasteiger partial charge is 0.197 e. The van der Waals surface area contributed by atoms with Crippen molar-refractivity contribution in [2.24, 2.45) is 0 Å². The van der Waals surface area contributed by atoms with Gasteiger partial charge >= 0.3 is 0 Å². The highest BCUT2D eigenvalue weighted by molar-refractivity contribution is 6.88. The van der Waals surface area contributed by atoms with Gasteiger partial charge in [-0.25, -0.2) is 0 Å². The summed E-state index contributed by atoms with van der Waals surface area (Å²) in [6, 6.07) is 64.4. The molecule has 8 aromatic carbocycles. The van der Waals surface area contributed by atoms with Gasteiger partial charge < -0.3 is 9.30 Å². The summed E-state index contributed by atoms with van der Waals surface area (Å²) in [5.41, 5.74) is 11.2. The molecule has 10 rings (SSSR count). The summed E-state index contributed by atoms with van der Waals surface area (Å²) < 4.78 is 2.13. The molecule has 278 valence electrons. The summed E-state index contributed by atoms with van der Waals surface area (Å²) in [4.78, 5) is 31.4. The number of aromatic nitrogens is 1. The van der Waals surface area contributed by atoms with Gasteiger partial charge in [-0.1, -0.05) is 158 Å². The molecule has 0 radical (unpaired) electrons. The Morgan fingerprint density at radius 2 is 0.897 bits per heavy atom. The second-order valence-electron chi connectivity index (χ2n) is 16.1. The Hall–Kier alpha value is -7.08. The molecule has 0 saturated carbocycles. The number of fused-ring (bicyclic) bond motifs is 4. The zero-order chi connectivity index (χ0) is 39.5. The van der Waals surface area contributed by atoms with Crippen LogP contribution in [0.4, 0.5) is 17.1 Å². The van der Waals surface area contributed by atoms with Crippen LogP contribution in [0.15, 0.2) is 198 Å². The van der Waals surface area contributed by atoms with E-state index in [0.29, 0.717) is 27.1 Å². The molecule has 0 amide bonds. The molecule has 4 nitrogen and oxygen atoms in total. The molecule has 5 heteroatoms. The zero-order valence-electron chi connectivity index (χ0n) is 32.6. The lowest BCUT2D eigenvalue weighted by molar-refractivity contribution is 1.27. The molecule has 0 unspecified atom stereocenters. The van der Waals surface area contributed by atoms with Crippen LogP contribution in [0.3, 0.4) is 0 Å². The second kappa shape index (κ2) is 13.8. The molecule has 0 saturated heterocycles. The second-order valence-corrected chi connectivity index (χ2v) is 21.1. The first-order valence-electron chi connectivity index (χ1n) is 19.8. The minimum absolute atomic E-state index is 0.0715. The average Bonchev–Trinajstić information content (AvgIpc) is 3.27. The first-order chi connectivity index (χ1) is 28.3. The number of hydrogen-bond donors (Lipinski definition) is 0. The first-order valence-corrected chi connectivity index (χ1v) is 23.3. The van der Waals surface area contributed by atoms with Crippen LogP contribution in [0.2, 0.25) is 19.6 Å². The lowest BCUT2D eigenvalue weighted by Crippen LogP contribution is -2.37. The van der Waals surface area contributed by atoms with E-state index in [-0.39, 0.29) is 10.9 Å². The first kappa shape index (κ1) is 35.3. The van der Waals surface area contributed by atoms with Gasteiger partial charge in [0.15, 0.2) is 10.9 Å². The lowest BCUT2D eigenvalue weighted by Gasteiger charge is -2.30. The highest BCUT2D eigenvalue weighted by Gasteiger charge is 2.23. The average molecular weight is 765 g/mol. The van der Waals surface area contributed by atoms with Gasteiger partial charge in [0.25, 0.3) is 0 Å². The number of benzene rings is 8. The SMILES string of the molecule is C[Si](C)(C)c1ccc(-c2ccc3c(c2)c(=O)c2cccc4c(=O)c5cc(N(c6ccccc6-c6ccccc6)c6ccccc6-c6ccccc6)ccc5n3c24)cc1. The standard InChI is InChI=1S/C53H40N2O2Si/c1-58(2,3)40-29-25-35(26-30-40)38-27-31-49-45(33-38)52(56)43-21-14-22-44-51(43)55(49)50-32-28-39(34-46(50)53(44)57)54(47-23-12-10-19-41(47)36-15-6-4-7-16-36)48-24-13-11-20-42(48)37-17-8-5-9-18-37/h4-34H,1-3H3. The molecule has 0 atom stereocenters. The normalized spacial score (nSPS) is 11.8. The number of nitrogens with zero attached hydrogens (tertiary/aromatic N) is 2. The van der Waals surface area contributed by atoms with Crippen molar-refractivity contribution in [3.63, 3.8) is 0 Å². The van der Waals surface area contributed by atoms with Crippen LogP contribution in [0.1, 0.15) is 0 Å². The summed E-state index contributed by atoms with van der Waals surface area (Å²) >= 11 is 0. The lowest BCUT2D eigenvalue weighted by atomic mass is 9.98. The number of anilines is 3. The van der Waals surface area contributed by atoms with Crippen LogP contribution in [0.5, 0.6) is 0 Å². The largest absolute Gasteiger partial charge is 0.309 e. The summed E-state index contributed by atoms with van der Waals surface area (Å²) in [5.74, 6) is 0. The van der Waals surface area contributed by atoms with Crippen LogP contribution in [0.25, 0.3) is 71.5 Å². The van der Waals surface area contributed by atoms with E-state index in [1.54, 1.807) is 0 Å². The molecule has 0 aliphatic rings. The number of pyridine rings is 2. The topological polar surface area (TPSA) is 41.8 Å². The van der Waals surface area contributed by atoms with E-state index in [0.717, 1.165) is 61.5 Å². The van der Waals surface area contributed by atoms with E-state index in [1.807, 2.05) is 54.6 Å². The third kappa shape index (κ3) is 5.82. The van der Waals surface area contributed by atoms with Crippen molar-refractivity contribution >= 4 is 68.4 Å². The maximum atomic E-state index is 14.8. The maximum absolute atomic E-state index is 14.8.